The summed E-state index contributed by atoms with van der Waals surface area (Å²) in [6, 6.07) is 0. The van der Waals surface area contributed by atoms with Crippen LogP contribution in [0.1, 0.15) is 0 Å². The van der Waals surface area contributed by atoms with Crippen molar-refractivity contribution in [2.45, 2.75) is 18.3 Å². The number of hydrogen-bond donors (Lipinski definition) is 4. The van der Waals surface area contributed by atoms with Gasteiger partial charge < -0.3 is 30.7 Å². The Labute approximate surface area is 110 Å². The van der Waals surface area contributed by atoms with Crippen molar-refractivity contribution in [3.63, 3.8) is 0 Å². The third-order valence-corrected chi connectivity index (χ3v) is 0.992. The van der Waals surface area contributed by atoms with Gasteiger partial charge in [-0.3, -0.25) is 0 Å². The number of carbonyl (C=O) groups is 1. The molecule has 0 aromatic carbocycles. The Morgan fingerprint density at radius 1 is 1.25 bits per heavy atom. The molecule has 0 fully saturated rings. The maximum Gasteiger partial charge on any atom is 2.00 e. The summed E-state index contributed by atoms with van der Waals surface area (Å²) in [7, 11) is 0. The summed E-state index contributed by atoms with van der Waals surface area (Å²) in [6.45, 7) is 0.289. The largest absolute Gasteiger partial charge is 2.00 e. The van der Waals surface area contributed by atoms with E-state index < -0.39 is 18.3 Å². The predicted molar refractivity (Wildman–Crippen MR) is 38.0 cm³/mol. The van der Waals surface area contributed by atoms with E-state index >= 15 is 0 Å². The van der Waals surface area contributed by atoms with Gasteiger partial charge in [0.25, 0.3) is 0 Å². The maximum absolute atomic E-state index is 9.75. The number of rotatable bonds is 4. The molecule has 0 unspecified atom stereocenters. The topological polar surface area (TPSA) is 128 Å². The van der Waals surface area contributed by atoms with Crippen LogP contribution in [0.2, 0.25) is 0 Å². The van der Waals surface area contributed by atoms with Crippen molar-refractivity contribution < 1.29 is 30.7 Å². The molecule has 0 aromatic rings. The van der Waals surface area contributed by atoms with Crippen LogP contribution in [0.25, 0.3) is 0 Å². The van der Waals surface area contributed by atoms with Crippen molar-refractivity contribution in [2.24, 2.45) is 0 Å². The molecule has 0 aliphatic carbocycles. The van der Waals surface area contributed by atoms with Crippen LogP contribution in [0, 0.1) is 6.61 Å². The van der Waals surface area contributed by atoms with Gasteiger partial charge in [-0.1, -0.05) is 0 Å². The second kappa shape index (κ2) is 10.1. The Balaban J connectivity index is -0.000000405. The molecule has 0 saturated heterocycles. The Bertz CT molecular complexity index is 110. The van der Waals surface area contributed by atoms with E-state index in [0.29, 0.717) is 0 Å². The van der Waals surface area contributed by atoms with Crippen molar-refractivity contribution in [3.05, 3.63) is 6.61 Å². The molecule has 0 heterocycles. The van der Waals surface area contributed by atoms with Crippen LogP contribution in [-0.4, -0.2) is 99.4 Å². The zero-order valence-corrected chi connectivity index (χ0v) is 10.7. The molecule has 12 heavy (non-hydrogen) atoms. The van der Waals surface area contributed by atoms with Gasteiger partial charge in [0.05, 0.1) is 6.10 Å². The summed E-state index contributed by atoms with van der Waals surface area (Å²) < 4.78 is 0. The molecule has 68 valence electrons. The first kappa shape index (κ1) is 18.8. The molecule has 3 atom stereocenters. The Morgan fingerprint density at radius 3 is 1.92 bits per heavy atom. The summed E-state index contributed by atoms with van der Waals surface area (Å²) in [5.74, 6) is 0. The zero-order chi connectivity index (χ0) is 8.15. The van der Waals surface area contributed by atoms with Crippen molar-refractivity contribution in [1.82, 2.24) is 0 Å². The summed E-state index contributed by atoms with van der Waals surface area (Å²) in [5.41, 5.74) is 0. The van der Waals surface area contributed by atoms with Gasteiger partial charge in [0.2, 0.25) is 0 Å². The molecule has 0 rings (SSSR count). The SMILES string of the molecule is O=C[C@H](O)[C@@H](O)[C@H](O)[CH-]O.[Ba+2].[OH-]. The summed E-state index contributed by atoms with van der Waals surface area (Å²) in [6.07, 6.45) is -4.86. The average Bonchev–Trinajstić information content (AvgIpc) is 2.00. The Kier molecular flexibility index (Phi) is 15.8. The molecule has 6 nitrogen and oxygen atoms in total. The van der Waals surface area contributed by atoms with Gasteiger partial charge >= 0.3 is 48.9 Å². The van der Waals surface area contributed by atoms with E-state index in [2.05, 4.69) is 0 Å². The van der Waals surface area contributed by atoms with Gasteiger partial charge in [-0.25, -0.2) is 0 Å². The van der Waals surface area contributed by atoms with Gasteiger partial charge in [-0.05, 0) is 6.10 Å². The van der Waals surface area contributed by atoms with E-state index in [0.717, 1.165) is 0 Å². The molecule has 0 spiro atoms. The maximum atomic E-state index is 9.75. The van der Waals surface area contributed by atoms with E-state index in [1.807, 2.05) is 0 Å². The van der Waals surface area contributed by atoms with Crippen LogP contribution in [0.3, 0.4) is 0 Å². The van der Waals surface area contributed by atoms with E-state index in [4.69, 9.17) is 20.4 Å². The quantitative estimate of drug-likeness (QED) is 0.253. The normalized spacial score (nSPS) is 16.3. The minimum absolute atomic E-state index is 0. The fourth-order valence-corrected chi connectivity index (χ4v) is 0.371. The van der Waals surface area contributed by atoms with Crippen LogP contribution in [0.15, 0.2) is 0 Å². The fourth-order valence-electron chi connectivity index (χ4n) is 0.371. The second-order valence-corrected chi connectivity index (χ2v) is 1.76. The Morgan fingerprint density at radius 2 is 1.67 bits per heavy atom. The van der Waals surface area contributed by atoms with E-state index in [1.165, 1.54) is 0 Å². The number of carbonyl (C=O) groups excluding carboxylic acids is 1. The van der Waals surface area contributed by atoms with Crippen molar-refractivity contribution in [3.8, 4) is 0 Å². The van der Waals surface area contributed by atoms with E-state index in [9.17, 15) is 4.79 Å². The molecule has 7 heteroatoms. The van der Waals surface area contributed by atoms with Crippen LogP contribution in [-0.2, 0) is 4.79 Å². The number of aldehydes is 1. The third-order valence-electron chi connectivity index (χ3n) is 0.992. The predicted octanol–water partition coefficient (Wildman–Crippen LogP) is -2.76. The molecule has 0 aliphatic heterocycles. The molecule has 0 aliphatic rings. The van der Waals surface area contributed by atoms with Crippen LogP contribution >= 0.6 is 0 Å². The number of aliphatic hydroxyl groups excluding tert-OH is 4. The molecule has 0 radical (unpaired) electrons. The monoisotopic (exact) mass is 304 g/mol. The smallest absolute Gasteiger partial charge is 0.870 e. The average molecular weight is 303 g/mol. The van der Waals surface area contributed by atoms with Crippen molar-refractivity contribution in [2.75, 3.05) is 0 Å². The van der Waals surface area contributed by atoms with Gasteiger partial charge in [0.15, 0.2) is 6.29 Å². The minimum atomic E-state index is -1.67. The molecular weight excluding hydrogens is 293 g/mol. The Hall–Kier alpha value is 1.04. The van der Waals surface area contributed by atoms with E-state index in [1.54, 1.807) is 0 Å². The van der Waals surface area contributed by atoms with Crippen LogP contribution in [0.5, 0.6) is 0 Å². The van der Waals surface area contributed by atoms with Crippen molar-refractivity contribution >= 4 is 55.2 Å². The first-order chi connectivity index (χ1) is 4.63. The zero-order valence-electron chi connectivity index (χ0n) is 6.24. The first-order valence-electron chi connectivity index (χ1n) is 2.60. The molecule has 0 saturated carbocycles. The summed E-state index contributed by atoms with van der Waals surface area (Å²) in [4.78, 5) is 9.75. The minimum Gasteiger partial charge on any atom is -0.870 e. The van der Waals surface area contributed by atoms with Gasteiger partial charge in [0.1, 0.15) is 6.10 Å². The molecule has 5 N–H and O–H groups in total. The summed E-state index contributed by atoms with van der Waals surface area (Å²) in [5, 5.41) is 33.8. The van der Waals surface area contributed by atoms with Crippen LogP contribution in [0.4, 0.5) is 0 Å². The molecule has 0 amide bonds. The van der Waals surface area contributed by atoms with Gasteiger partial charge in [0, 0.05) is 0 Å². The van der Waals surface area contributed by atoms with Crippen LogP contribution < -0.4 is 0 Å². The van der Waals surface area contributed by atoms with E-state index in [-0.39, 0.29) is 67.3 Å². The molecule has 0 bridgehead atoms. The van der Waals surface area contributed by atoms with Gasteiger partial charge in [-0.2, -0.15) is 6.61 Å². The van der Waals surface area contributed by atoms with Gasteiger partial charge in [-0.15, -0.1) is 0 Å². The number of aliphatic hydroxyl groups is 4. The fraction of sp³-hybridized carbons (Fsp3) is 0.600. The number of hydrogen-bond acceptors (Lipinski definition) is 6. The van der Waals surface area contributed by atoms with Crippen molar-refractivity contribution in [1.29, 1.82) is 0 Å². The standard InChI is InChI=1S/C5H9O5.Ba.H2O/c6-1-3(8)5(10)4(9)2-7;;/h1-6,8-10H;;1H2/q-1;+2;/p-1/t3-,4+,5+;;/m1../s1. The summed E-state index contributed by atoms with van der Waals surface area (Å²) >= 11 is 0. The third kappa shape index (κ3) is 6.55. The molecular formula is C5H10BaO6. The second-order valence-electron chi connectivity index (χ2n) is 1.76. The molecule has 0 aromatic heterocycles. The first-order valence-corrected chi connectivity index (χ1v) is 2.60.